The Balaban J connectivity index is 1.65. The summed E-state index contributed by atoms with van der Waals surface area (Å²) >= 11 is 1.62. The number of aromatic nitrogens is 1. The van der Waals surface area contributed by atoms with E-state index in [0.717, 1.165) is 21.8 Å². The minimum Gasteiger partial charge on any atom is -0.379 e. The zero-order valence-electron chi connectivity index (χ0n) is 13.5. The van der Waals surface area contributed by atoms with Crippen LogP contribution in [0.1, 0.15) is 11.9 Å². The van der Waals surface area contributed by atoms with Crippen molar-refractivity contribution in [3.05, 3.63) is 34.8 Å². The van der Waals surface area contributed by atoms with E-state index in [2.05, 4.69) is 23.6 Å². The third-order valence-corrected chi connectivity index (χ3v) is 5.77. The van der Waals surface area contributed by atoms with E-state index in [1.165, 1.54) is 0 Å². The molecule has 1 aliphatic heterocycles. The van der Waals surface area contributed by atoms with Crippen molar-refractivity contribution < 1.29 is 18.9 Å². The van der Waals surface area contributed by atoms with Gasteiger partial charge >= 0.3 is 0 Å². The molecule has 1 saturated heterocycles. The number of thiazole rings is 1. The van der Waals surface area contributed by atoms with Crippen LogP contribution in [0.5, 0.6) is 0 Å². The summed E-state index contributed by atoms with van der Waals surface area (Å²) in [6.07, 6.45) is 1.77. The third kappa shape index (κ3) is 2.42. The molecule has 0 bridgehead atoms. The second-order valence-electron chi connectivity index (χ2n) is 5.99. The monoisotopic (exact) mass is 343 g/mol. The second-order valence-corrected chi connectivity index (χ2v) is 7.05. The molecule has 6 heteroatoms. The lowest BCUT2D eigenvalue weighted by atomic mass is 9.81. The summed E-state index contributed by atoms with van der Waals surface area (Å²) in [6.45, 7) is 5.34. The summed E-state index contributed by atoms with van der Waals surface area (Å²) in [7, 11) is 0. The summed E-state index contributed by atoms with van der Waals surface area (Å²) in [5, 5.41) is 0.954. The number of ketones is 2. The summed E-state index contributed by atoms with van der Waals surface area (Å²) < 4.78 is 8.61. The Morgan fingerprint density at radius 3 is 2.67 bits per heavy atom. The molecule has 1 aliphatic carbocycles. The summed E-state index contributed by atoms with van der Waals surface area (Å²) in [5.41, 5.74) is 1.47. The predicted molar refractivity (Wildman–Crippen MR) is 91.9 cm³/mol. The van der Waals surface area contributed by atoms with E-state index in [0.29, 0.717) is 31.9 Å². The van der Waals surface area contributed by atoms with E-state index in [9.17, 15) is 9.59 Å². The van der Waals surface area contributed by atoms with Gasteiger partial charge < -0.3 is 4.74 Å². The standard InChI is InChI=1S/C18H19N2O3S/c1-2-20-13-5-3-4-6-14(13)24-15(20)11-12-17(21)16(18(12)22)19-7-9-23-10-8-19/h3-6,11,16H,2,7-10H2,1H3/q+1. The molecule has 0 N–H and O–H groups in total. The van der Waals surface area contributed by atoms with Crippen molar-refractivity contribution in [1.29, 1.82) is 0 Å². The molecule has 2 fully saturated rings. The molecule has 0 unspecified atom stereocenters. The fourth-order valence-electron chi connectivity index (χ4n) is 3.38. The van der Waals surface area contributed by atoms with Gasteiger partial charge in [-0.25, -0.2) is 0 Å². The number of rotatable bonds is 3. The van der Waals surface area contributed by atoms with Crippen molar-refractivity contribution in [3.63, 3.8) is 0 Å². The number of fused-ring (bicyclic) bond motifs is 1. The maximum absolute atomic E-state index is 12.5. The highest BCUT2D eigenvalue weighted by molar-refractivity contribution is 7.18. The lowest BCUT2D eigenvalue weighted by Crippen LogP contribution is -2.59. The number of aryl methyl sites for hydroxylation is 1. The van der Waals surface area contributed by atoms with E-state index >= 15 is 0 Å². The lowest BCUT2D eigenvalue weighted by molar-refractivity contribution is -0.665. The number of Topliss-reactive ketones (excluding diaryl/α,β-unsaturated/α-hetero) is 2. The topological polar surface area (TPSA) is 50.5 Å². The zero-order valence-corrected chi connectivity index (χ0v) is 14.3. The Hall–Kier alpha value is -1.89. The van der Waals surface area contributed by atoms with Crippen molar-refractivity contribution in [3.8, 4) is 0 Å². The smallest absolute Gasteiger partial charge is 0.263 e. The molecule has 0 spiro atoms. The molecule has 0 amide bonds. The van der Waals surface area contributed by atoms with Gasteiger partial charge in [0.2, 0.25) is 5.52 Å². The van der Waals surface area contributed by atoms with Crippen LogP contribution in [0.25, 0.3) is 16.3 Å². The number of carbonyl (C=O) groups excluding carboxylic acids is 2. The van der Waals surface area contributed by atoms with Crippen LogP contribution in [0.4, 0.5) is 0 Å². The number of carbonyl (C=O) groups is 2. The maximum Gasteiger partial charge on any atom is 0.263 e. The van der Waals surface area contributed by atoms with Crippen LogP contribution in [0.3, 0.4) is 0 Å². The molecular weight excluding hydrogens is 324 g/mol. The summed E-state index contributed by atoms with van der Waals surface area (Å²) in [5.74, 6) is -0.107. The van der Waals surface area contributed by atoms with Crippen molar-refractivity contribution >= 4 is 39.2 Å². The molecule has 2 heterocycles. The first-order chi connectivity index (χ1) is 11.7. The van der Waals surface area contributed by atoms with E-state index in [1.54, 1.807) is 17.4 Å². The number of hydrogen-bond donors (Lipinski definition) is 0. The van der Waals surface area contributed by atoms with Crippen molar-refractivity contribution in [2.24, 2.45) is 0 Å². The van der Waals surface area contributed by atoms with Crippen LogP contribution < -0.4 is 4.57 Å². The molecule has 0 radical (unpaired) electrons. The minimum absolute atomic E-state index is 0.0537. The first-order valence-electron chi connectivity index (χ1n) is 8.24. The van der Waals surface area contributed by atoms with Gasteiger partial charge in [0.05, 0.1) is 18.8 Å². The molecule has 24 heavy (non-hydrogen) atoms. The van der Waals surface area contributed by atoms with E-state index in [1.807, 2.05) is 17.0 Å². The van der Waals surface area contributed by atoms with Crippen LogP contribution >= 0.6 is 11.3 Å². The number of para-hydroxylation sites is 1. The van der Waals surface area contributed by atoms with E-state index in [-0.39, 0.29) is 11.6 Å². The van der Waals surface area contributed by atoms with Gasteiger partial charge in [0.15, 0.2) is 11.6 Å². The average Bonchev–Trinajstić information content (AvgIpc) is 2.98. The fourth-order valence-corrected chi connectivity index (χ4v) is 4.55. The number of hydrogen-bond acceptors (Lipinski definition) is 5. The van der Waals surface area contributed by atoms with Gasteiger partial charge in [0, 0.05) is 25.2 Å². The van der Waals surface area contributed by atoms with Crippen LogP contribution in [-0.4, -0.2) is 48.8 Å². The normalized spacial score (nSPS) is 22.0. The van der Waals surface area contributed by atoms with Crippen molar-refractivity contribution in [2.75, 3.05) is 26.3 Å². The Morgan fingerprint density at radius 2 is 1.96 bits per heavy atom. The molecule has 0 atom stereocenters. The molecular formula is C18H19N2O3S+. The highest BCUT2D eigenvalue weighted by Gasteiger charge is 2.48. The van der Waals surface area contributed by atoms with Crippen LogP contribution in [0.15, 0.2) is 29.8 Å². The molecule has 1 saturated carbocycles. The number of morpholine rings is 1. The van der Waals surface area contributed by atoms with Gasteiger partial charge in [-0.2, -0.15) is 4.57 Å². The van der Waals surface area contributed by atoms with Crippen LogP contribution in [-0.2, 0) is 20.9 Å². The first kappa shape index (κ1) is 15.6. The Kier molecular flexibility index (Phi) is 4.04. The van der Waals surface area contributed by atoms with Crippen molar-refractivity contribution in [1.82, 2.24) is 4.90 Å². The first-order valence-corrected chi connectivity index (χ1v) is 9.05. The Morgan fingerprint density at radius 1 is 1.25 bits per heavy atom. The van der Waals surface area contributed by atoms with Gasteiger partial charge in [0.25, 0.3) is 5.01 Å². The highest BCUT2D eigenvalue weighted by Crippen LogP contribution is 2.28. The average molecular weight is 343 g/mol. The predicted octanol–water partition coefficient (Wildman–Crippen LogP) is 1.44. The van der Waals surface area contributed by atoms with E-state index in [4.69, 9.17) is 4.74 Å². The second kappa shape index (κ2) is 6.20. The third-order valence-electron chi connectivity index (χ3n) is 4.66. The molecule has 124 valence electrons. The summed E-state index contributed by atoms with van der Waals surface area (Å²) in [6, 6.07) is 7.55. The van der Waals surface area contributed by atoms with Gasteiger partial charge in [-0.1, -0.05) is 23.5 Å². The van der Waals surface area contributed by atoms with Gasteiger partial charge in [-0.3, -0.25) is 14.5 Å². The summed E-state index contributed by atoms with van der Waals surface area (Å²) in [4.78, 5) is 27.0. The maximum atomic E-state index is 12.5. The molecule has 2 aliphatic rings. The number of benzene rings is 1. The molecule has 1 aromatic heterocycles. The fraction of sp³-hybridized carbons (Fsp3) is 0.389. The number of ether oxygens (including phenoxy) is 1. The van der Waals surface area contributed by atoms with Gasteiger partial charge in [-0.05, 0) is 13.0 Å². The number of nitrogens with zero attached hydrogens (tertiary/aromatic N) is 2. The van der Waals surface area contributed by atoms with Crippen LogP contribution in [0.2, 0.25) is 0 Å². The van der Waals surface area contributed by atoms with Crippen molar-refractivity contribution in [2.45, 2.75) is 19.5 Å². The SMILES string of the molecule is CC[n+]1c(C=C2C(=O)C(N3CCOCC3)C2=O)sc2ccccc21. The minimum atomic E-state index is -0.593. The van der Waals surface area contributed by atoms with Crippen LogP contribution in [0, 0.1) is 0 Å². The lowest BCUT2D eigenvalue weighted by Gasteiger charge is -2.37. The Labute approximate surface area is 144 Å². The Bertz CT molecular complexity index is 831. The van der Waals surface area contributed by atoms with Gasteiger partial charge in [-0.15, -0.1) is 0 Å². The quantitative estimate of drug-likeness (QED) is 0.366. The molecule has 5 nitrogen and oxygen atoms in total. The highest BCUT2D eigenvalue weighted by atomic mass is 32.1. The molecule has 4 rings (SSSR count). The zero-order chi connectivity index (χ0) is 16.7. The molecule has 2 aromatic rings. The van der Waals surface area contributed by atoms with Gasteiger partial charge in [0.1, 0.15) is 17.3 Å². The largest absolute Gasteiger partial charge is 0.379 e. The molecule has 1 aromatic carbocycles. The van der Waals surface area contributed by atoms with E-state index < -0.39 is 6.04 Å².